The molecule has 10 heteroatoms. The van der Waals surface area contributed by atoms with Crippen molar-refractivity contribution in [3.8, 4) is 0 Å². The summed E-state index contributed by atoms with van der Waals surface area (Å²) < 4.78 is 40.2. The highest BCUT2D eigenvalue weighted by atomic mass is 19.4. The number of hydrogen-bond donors (Lipinski definition) is 2. The van der Waals surface area contributed by atoms with Crippen LogP contribution in [0.25, 0.3) is 0 Å². The number of urea groups is 1. The Labute approximate surface area is 206 Å². The van der Waals surface area contributed by atoms with Gasteiger partial charge in [0.1, 0.15) is 0 Å². The van der Waals surface area contributed by atoms with Crippen molar-refractivity contribution in [1.82, 2.24) is 10.4 Å². The number of carbonyl (C=O) groups excluding carboxylic acids is 2. The molecule has 1 saturated heterocycles. The van der Waals surface area contributed by atoms with E-state index in [1.165, 1.54) is 29.2 Å². The van der Waals surface area contributed by atoms with E-state index >= 15 is 0 Å². The number of rotatable bonds is 5. The van der Waals surface area contributed by atoms with Crippen molar-refractivity contribution in [3.05, 3.63) is 95.6 Å². The second-order valence-corrected chi connectivity index (χ2v) is 8.36. The Morgan fingerprint density at radius 1 is 0.889 bits per heavy atom. The molecular formula is C26H25F3N4O3. The summed E-state index contributed by atoms with van der Waals surface area (Å²) in [5.41, 5.74) is 2.68. The van der Waals surface area contributed by atoms with Gasteiger partial charge in [0.15, 0.2) is 0 Å². The van der Waals surface area contributed by atoms with Gasteiger partial charge >= 0.3 is 12.2 Å². The molecule has 1 heterocycles. The maximum Gasteiger partial charge on any atom is 0.416 e. The summed E-state index contributed by atoms with van der Waals surface area (Å²) >= 11 is 0. The molecule has 0 spiro atoms. The monoisotopic (exact) mass is 498 g/mol. The number of halogens is 3. The van der Waals surface area contributed by atoms with Crippen LogP contribution < -0.4 is 15.3 Å². The minimum Gasteiger partial charge on any atom is -0.368 e. The molecule has 1 aliphatic heterocycles. The second-order valence-electron chi connectivity index (χ2n) is 8.36. The average molecular weight is 499 g/mol. The predicted octanol–water partition coefficient (Wildman–Crippen LogP) is 4.77. The average Bonchev–Trinajstić information content (AvgIpc) is 2.91. The van der Waals surface area contributed by atoms with Crippen LogP contribution in [0.15, 0.2) is 78.9 Å². The third-order valence-corrected chi connectivity index (χ3v) is 6.05. The molecule has 36 heavy (non-hydrogen) atoms. The van der Waals surface area contributed by atoms with E-state index in [0.29, 0.717) is 31.7 Å². The van der Waals surface area contributed by atoms with E-state index in [1.807, 2.05) is 30.3 Å². The Morgan fingerprint density at radius 3 is 2.17 bits per heavy atom. The van der Waals surface area contributed by atoms with Gasteiger partial charge in [-0.15, -0.1) is 0 Å². The van der Waals surface area contributed by atoms with Gasteiger partial charge in [0.25, 0.3) is 5.91 Å². The van der Waals surface area contributed by atoms with Crippen LogP contribution in [0.1, 0.15) is 21.5 Å². The summed E-state index contributed by atoms with van der Waals surface area (Å²) in [4.78, 5) is 30.3. The van der Waals surface area contributed by atoms with Gasteiger partial charge in [-0.25, -0.2) is 10.3 Å². The fourth-order valence-corrected chi connectivity index (χ4v) is 4.09. The Kier molecular flexibility index (Phi) is 7.44. The summed E-state index contributed by atoms with van der Waals surface area (Å²) in [5, 5.41) is 8.80. The number of anilines is 2. The quantitative estimate of drug-likeness (QED) is 0.393. The molecule has 0 unspecified atom stereocenters. The second kappa shape index (κ2) is 10.7. The topological polar surface area (TPSA) is 76.1 Å². The normalized spacial score (nSPS) is 13.9. The Morgan fingerprint density at radius 2 is 1.56 bits per heavy atom. The fraction of sp³-hybridized carbons (Fsp3) is 0.231. The molecule has 3 aromatic rings. The standard InChI is InChI=1S/C26H25F3N4O3/c27-26(28,29)21-5-4-8-23(17-21)33(18-19-9-11-20(12-10-19)24(34)30-36)25(35)32-15-13-31(14-16-32)22-6-2-1-3-7-22/h1-12,17,36H,13-16,18H2,(H,30,34). The number of carbonyl (C=O) groups is 2. The third kappa shape index (κ3) is 5.77. The molecule has 1 fully saturated rings. The molecule has 0 atom stereocenters. The predicted molar refractivity (Wildman–Crippen MR) is 129 cm³/mol. The number of hydrogen-bond acceptors (Lipinski definition) is 4. The first kappa shape index (κ1) is 25.1. The Balaban J connectivity index is 1.57. The molecular weight excluding hydrogens is 473 g/mol. The summed E-state index contributed by atoms with van der Waals surface area (Å²) in [5.74, 6) is -0.691. The Bertz CT molecular complexity index is 1200. The molecule has 0 bridgehead atoms. The molecule has 7 nitrogen and oxygen atoms in total. The molecule has 3 aromatic carbocycles. The lowest BCUT2D eigenvalue weighted by Gasteiger charge is -2.38. The van der Waals surface area contributed by atoms with Crippen molar-refractivity contribution in [2.45, 2.75) is 12.7 Å². The van der Waals surface area contributed by atoms with Crippen molar-refractivity contribution in [2.24, 2.45) is 0 Å². The first-order valence-electron chi connectivity index (χ1n) is 11.3. The largest absolute Gasteiger partial charge is 0.416 e. The van der Waals surface area contributed by atoms with Gasteiger partial charge in [-0.05, 0) is 48.0 Å². The zero-order valence-electron chi connectivity index (χ0n) is 19.3. The molecule has 1 aliphatic rings. The van der Waals surface area contributed by atoms with Crippen LogP contribution in [0.4, 0.5) is 29.3 Å². The van der Waals surface area contributed by atoms with E-state index in [4.69, 9.17) is 5.21 Å². The molecule has 188 valence electrons. The van der Waals surface area contributed by atoms with E-state index in [-0.39, 0.29) is 17.8 Å². The molecule has 2 N–H and O–H groups in total. The highest BCUT2D eigenvalue weighted by molar-refractivity contribution is 5.94. The number of amides is 3. The van der Waals surface area contributed by atoms with Crippen molar-refractivity contribution in [3.63, 3.8) is 0 Å². The van der Waals surface area contributed by atoms with Crippen molar-refractivity contribution >= 4 is 23.3 Å². The van der Waals surface area contributed by atoms with Crippen molar-refractivity contribution in [1.29, 1.82) is 0 Å². The summed E-state index contributed by atoms with van der Waals surface area (Å²) in [7, 11) is 0. The molecule has 3 amide bonds. The minimum atomic E-state index is -4.55. The number of benzene rings is 3. The van der Waals surface area contributed by atoms with Crippen LogP contribution in [0.5, 0.6) is 0 Å². The summed E-state index contributed by atoms with van der Waals surface area (Å²) in [6, 6.07) is 20.2. The highest BCUT2D eigenvalue weighted by Crippen LogP contribution is 2.32. The summed E-state index contributed by atoms with van der Waals surface area (Å²) in [6.45, 7) is 2.02. The highest BCUT2D eigenvalue weighted by Gasteiger charge is 2.32. The zero-order chi connectivity index (χ0) is 25.7. The van der Waals surface area contributed by atoms with Crippen LogP contribution in [-0.4, -0.2) is 48.2 Å². The number of nitrogens with zero attached hydrogens (tertiary/aromatic N) is 3. The first-order chi connectivity index (χ1) is 17.3. The molecule has 4 rings (SSSR count). The maximum atomic E-state index is 13.6. The number of para-hydroxylation sites is 1. The third-order valence-electron chi connectivity index (χ3n) is 6.05. The first-order valence-corrected chi connectivity index (χ1v) is 11.3. The lowest BCUT2D eigenvalue weighted by atomic mass is 10.1. The lowest BCUT2D eigenvalue weighted by Crippen LogP contribution is -2.53. The van der Waals surface area contributed by atoms with E-state index in [0.717, 1.165) is 17.8 Å². The van der Waals surface area contributed by atoms with Crippen LogP contribution in [-0.2, 0) is 12.7 Å². The van der Waals surface area contributed by atoms with Gasteiger partial charge in [-0.2, -0.15) is 13.2 Å². The maximum absolute atomic E-state index is 13.6. The zero-order valence-corrected chi connectivity index (χ0v) is 19.3. The summed E-state index contributed by atoms with van der Waals surface area (Å²) in [6.07, 6.45) is -4.55. The van der Waals surface area contributed by atoms with Gasteiger partial charge in [0.2, 0.25) is 0 Å². The fourth-order valence-electron chi connectivity index (χ4n) is 4.09. The molecule has 0 aromatic heterocycles. The Hall–Kier alpha value is -4.05. The molecule has 0 aliphatic carbocycles. The molecule has 0 saturated carbocycles. The lowest BCUT2D eigenvalue weighted by molar-refractivity contribution is -0.137. The van der Waals surface area contributed by atoms with E-state index in [9.17, 15) is 22.8 Å². The van der Waals surface area contributed by atoms with Crippen molar-refractivity contribution < 1.29 is 28.0 Å². The van der Waals surface area contributed by atoms with Gasteiger partial charge < -0.3 is 9.80 Å². The number of nitrogens with one attached hydrogen (secondary N) is 1. The van der Waals surface area contributed by atoms with Gasteiger partial charge in [-0.1, -0.05) is 36.4 Å². The van der Waals surface area contributed by atoms with E-state index in [2.05, 4.69) is 4.90 Å². The molecule has 0 radical (unpaired) electrons. The van der Waals surface area contributed by atoms with E-state index < -0.39 is 23.7 Å². The van der Waals surface area contributed by atoms with Crippen LogP contribution in [0, 0.1) is 0 Å². The van der Waals surface area contributed by atoms with Crippen LogP contribution in [0.3, 0.4) is 0 Å². The van der Waals surface area contributed by atoms with Crippen LogP contribution >= 0.6 is 0 Å². The SMILES string of the molecule is O=C(NO)c1ccc(CN(C(=O)N2CCN(c3ccccc3)CC2)c2cccc(C(F)(F)F)c2)cc1. The van der Waals surface area contributed by atoms with Gasteiger partial charge in [-0.3, -0.25) is 14.9 Å². The van der Waals surface area contributed by atoms with Gasteiger partial charge in [0, 0.05) is 43.1 Å². The van der Waals surface area contributed by atoms with Gasteiger partial charge in [0.05, 0.1) is 12.1 Å². The van der Waals surface area contributed by atoms with Crippen molar-refractivity contribution in [2.75, 3.05) is 36.0 Å². The smallest absolute Gasteiger partial charge is 0.368 e. The number of piperazine rings is 1. The van der Waals surface area contributed by atoms with E-state index in [1.54, 1.807) is 22.5 Å². The number of alkyl halides is 3. The number of hydroxylamine groups is 1. The van der Waals surface area contributed by atoms with Crippen LogP contribution in [0.2, 0.25) is 0 Å². The minimum absolute atomic E-state index is 0.0000669.